The second-order valence-corrected chi connectivity index (χ2v) is 6.25. The van der Waals surface area contributed by atoms with Crippen LogP contribution in [-0.4, -0.2) is 11.4 Å². The molecule has 0 aliphatic rings. The number of rotatable bonds is 5. The van der Waals surface area contributed by atoms with Gasteiger partial charge in [-0.1, -0.05) is 28.1 Å². The van der Waals surface area contributed by atoms with Crippen LogP contribution in [0.3, 0.4) is 0 Å². The molecule has 1 rings (SSSR count). The van der Waals surface area contributed by atoms with Crippen molar-refractivity contribution in [2.24, 2.45) is 5.73 Å². The molecule has 100 valence electrons. The predicted octanol–water partition coefficient (Wildman–Crippen LogP) is 3.14. The highest BCUT2D eigenvalue weighted by molar-refractivity contribution is 9.10. The molecule has 0 aromatic heterocycles. The average Bonchev–Trinajstić information content (AvgIpc) is 2.25. The second-order valence-electron chi connectivity index (χ2n) is 5.33. The number of amides is 1. The van der Waals surface area contributed by atoms with E-state index in [1.54, 1.807) is 0 Å². The topological polar surface area (TPSA) is 55.1 Å². The Kier molecular flexibility index (Phi) is 5.35. The van der Waals surface area contributed by atoms with Gasteiger partial charge in [0, 0.05) is 16.4 Å². The molecule has 0 saturated carbocycles. The van der Waals surface area contributed by atoms with Gasteiger partial charge in [0.15, 0.2) is 0 Å². The third-order valence-electron chi connectivity index (χ3n) is 2.72. The Labute approximate surface area is 117 Å². The standard InChI is InChI=1S/C14H21BrN2O/c1-10(11-5-4-6-12(15)9-11)17-13(18)7-8-14(2,3)16/h4-6,9-10H,7-8,16H2,1-3H3,(H,17,18)/t10-/m1/s1. The molecule has 4 heteroatoms. The van der Waals surface area contributed by atoms with Crippen molar-refractivity contribution in [1.29, 1.82) is 0 Å². The normalized spacial score (nSPS) is 13.2. The van der Waals surface area contributed by atoms with Crippen LogP contribution in [0.25, 0.3) is 0 Å². The highest BCUT2D eigenvalue weighted by Gasteiger charge is 2.15. The first kappa shape index (κ1) is 15.2. The Hall–Kier alpha value is -0.870. The molecule has 0 aliphatic carbocycles. The summed E-state index contributed by atoms with van der Waals surface area (Å²) < 4.78 is 1.02. The van der Waals surface area contributed by atoms with Crippen LogP contribution in [0.15, 0.2) is 28.7 Å². The molecule has 0 fully saturated rings. The Bertz CT molecular complexity index is 413. The predicted molar refractivity (Wildman–Crippen MR) is 78.2 cm³/mol. The average molecular weight is 313 g/mol. The van der Waals surface area contributed by atoms with Gasteiger partial charge in [-0.3, -0.25) is 4.79 Å². The highest BCUT2D eigenvalue weighted by Crippen LogP contribution is 2.18. The fourth-order valence-corrected chi connectivity index (χ4v) is 2.03. The molecule has 0 saturated heterocycles. The van der Waals surface area contributed by atoms with Crippen LogP contribution in [0.5, 0.6) is 0 Å². The lowest BCUT2D eigenvalue weighted by Gasteiger charge is -2.19. The summed E-state index contributed by atoms with van der Waals surface area (Å²) in [5.41, 5.74) is 6.65. The van der Waals surface area contributed by atoms with Crippen molar-refractivity contribution in [3.8, 4) is 0 Å². The van der Waals surface area contributed by atoms with Crippen molar-refractivity contribution >= 4 is 21.8 Å². The molecule has 1 aromatic rings. The number of carbonyl (C=O) groups excluding carboxylic acids is 1. The molecule has 1 amide bonds. The van der Waals surface area contributed by atoms with Crippen LogP contribution in [0.1, 0.15) is 45.2 Å². The summed E-state index contributed by atoms with van der Waals surface area (Å²) in [7, 11) is 0. The van der Waals surface area contributed by atoms with Gasteiger partial charge in [-0.05, 0) is 44.9 Å². The van der Waals surface area contributed by atoms with Crippen LogP contribution in [0, 0.1) is 0 Å². The van der Waals surface area contributed by atoms with Gasteiger partial charge in [0.1, 0.15) is 0 Å². The molecule has 0 aliphatic heterocycles. The van der Waals surface area contributed by atoms with E-state index in [0.29, 0.717) is 12.8 Å². The van der Waals surface area contributed by atoms with E-state index in [9.17, 15) is 4.79 Å². The molecule has 0 unspecified atom stereocenters. The van der Waals surface area contributed by atoms with Crippen molar-refractivity contribution in [2.75, 3.05) is 0 Å². The summed E-state index contributed by atoms with van der Waals surface area (Å²) >= 11 is 3.42. The fourth-order valence-electron chi connectivity index (χ4n) is 1.61. The van der Waals surface area contributed by atoms with Crippen molar-refractivity contribution < 1.29 is 4.79 Å². The first-order chi connectivity index (χ1) is 8.28. The van der Waals surface area contributed by atoms with Gasteiger partial charge in [0.2, 0.25) is 5.91 Å². The lowest BCUT2D eigenvalue weighted by Crippen LogP contribution is -2.35. The summed E-state index contributed by atoms with van der Waals surface area (Å²) in [6.07, 6.45) is 1.14. The van der Waals surface area contributed by atoms with E-state index >= 15 is 0 Å². The van der Waals surface area contributed by atoms with Gasteiger partial charge in [0.25, 0.3) is 0 Å². The zero-order valence-corrected chi connectivity index (χ0v) is 12.8. The molecule has 0 heterocycles. The summed E-state index contributed by atoms with van der Waals surface area (Å²) in [6, 6.07) is 7.95. The monoisotopic (exact) mass is 312 g/mol. The minimum atomic E-state index is -0.295. The second kappa shape index (κ2) is 6.34. The molecule has 1 aromatic carbocycles. The van der Waals surface area contributed by atoms with E-state index in [4.69, 9.17) is 5.73 Å². The van der Waals surface area contributed by atoms with Crippen molar-refractivity contribution in [1.82, 2.24) is 5.32 Å². The maximum atomic E-state index is 11.8. The molecule has 18 heavy (non-hydrogen) atoms. The van der Waals surface area contributed by atoms with Gasteiger partial charge >= 0.3 is 0 Å². The van der Waals surface area contributed by atoms with Crippen LogP contribution >= 0.6 is 15.9 Å². The lowest BCUT2D eigenvalue weighted by molar-refractivity contribution is -0.122. The van der Waals surface area contributed by atoms with Crippen LogP contribution in [0.4, 0.5) is 0 Å². The van der Waals surface area contributed by atoms with E-state index in [-0.39, 0.29) is 17.5 Å². The summed E-state index contributed by atoms with van der Waals surface area (Å²) in [5, 5.41) is 2.98. The number of benzene rings is 1. The molecular weight excluding hydrogens is 292 g/mol. The lowest BCUT2D eigenvalue weighted by atomic mass is 9.99. The Morgan fingerprint density at radius 2 is 2.17 bits per heavy atom. The van der Waals surface area contributed by atoms with E-state index in [1.807, 2.05) is 45.0 Å². The first-order valence-electron chi connectivity index (χ1n) is 6.11. The van der Waals surface area contributed by atoms with Crippen molar-refractivity contribution in [3.63, 3.8) is 0 Å². The van der Waals surface area contributed by atoms with Crippen molar-refractivity contribution in [3.05, 3.63) is 34.3 Å². The molecule has 1 atom stereocenters. The Morgan fingerprint density at radius 3 is 2.72 bits per heavy atom. The minimum Gasteiger partial charge on any atom is -0.350 e. The largest absolute Gasteiger partial charge is 0.350 e. The maximum Gasteiger partial charge on any atom is 0.220 e. The SMILES string of the molecule is C[C@@H](NC(=O)CCC(C)(C)N)c1cccc(Br)c1. The molecule has 0 spiro atoms. The Balaban J connectivity index is 2.50. The van der Waals surface area contributed by atoms with E-state index in [0.717, 1.165) is 10.0 Å². The first-order valence-corrected chi connectivity index (χ1v) is 6.91. The van der Waals surface area contributed by atoms with Crippen LogP contribution < -0.4 is 11.1 Å². The zero-order valence-electron chi connectivity index (χ0n) is 11.2. The van der Waals surface area contributed by atoms with E-state index in [1.165, 1.54) is 0 Å². The van der Waals surface area contributed by atoms with Gasteiger partial charge in [-0.2, -0.15) is 0 Å². The molecule has 3 nitrogen and oxygen atoms in total. The smallest absolute Gasteiger partial charge is 0.220 e. The number of hydrogen-bond acceptors (Lipinski definition) is 2. The minimum absolute atomic E-state index is 0.0101. The summed E-state index contributed by atoms with van der Waals surface area (Å²) in [4.78, 5) is 11.8. The number of nitrogens with one attached hydrogen (secondary N) is 1. The summed E-state index contributed by atoms with van der Waals surface area (Å²) in [5.74, 6) is 0.0426. The molecular formula is C14H21BrN2O. The van der Waals surface area contributed by atoms with Gasteiger partial charge in [0.05, 0.1) is 6.04 Å². The van der Waals surface area contributed by atoms with Gasteiger partial charge in [-0.25, -0.2) is 0 Å². The fraction of sp³-hybridized carbons (Fsp3) is 0.500. The van der Waals surface area contributed by atoms with E-state index < -0.39 is 0 Å². The van der Waals surface area contributed by atoms with Gasteiger partial charge < -0.3 is 11.1 Å². The zero-order chi connectivity index (χ0) is 13.8. The molecule has 3 N–H and O–H groups in total. The number of carbonyl (C=O) groups is 1. The van der Waals surface area contributed by atoms with Crippen LogP contribution in [0.2, 0.25) is 0 Å². The summed E-state index contributed by atoms with van der Waals surface area (Å²) in [6.45, 7) is 5.84. The third-order valence-corrected chi connectivity index (χ3v) is 3.22. The number of nitrogens with two attached hydrogens (primary N) is 1. The maximum absolute atomic E-state index is 11.8. The van der Waals surface area contributed by atoms with Gasteiger partial charge in [-0.15, -0.1) is 0 Å². The number of halogens is 1. The quantitative estimate of drug-likeness (QED) is 0.877. The van der Waals surface area contributed by atoms with Crippen LogP contribution in [-0.2, 0) is 4.79 Å². The van der Waals surface area contributed by atoms with Crippen molar-refractivity contribution in [2.45, 2.75) is 45.2 Å². The van der Waals surface area contributed by atoms with E-state index in [2.05, 4.69) is 21.2 Å². The highest BCUT2D eigenvalue weighted by atomic mass is 79.9. The molecule has 0 bridgehead atoms. The Morgan fingerprint density at radius 1 is 1.50 bits per heavy atom. The number of hydrogen-bond donors (Lipinski definition) is 2. The third kappa shape index (κ3) is 5.65. The molecule has 0 radical (unpaired) electrons.